The molecule has 5 heteroatoms. The van der Waals surface area contributed by atoms with Gasteiger partial charge in [-0.05, 0) is 24.5 Å². The van der Waals surface area contributed by atoms with E-state index < -0.39 is 11.9 Å². The molecule has 76 valence electrons. The predicted octanol–water partition coefficient (Wildman–Crippen LogP) is 2.05. The summed E-state index contributed by atoms with van der Waals surface area (Å²) in [5, 5.41) is 0. The molecule has 0 aliphatic heterocycles. The summed E-state index contributed by atoms with van der Waals surface area (Å²) in [6.45, 7) is 0. The number of fused-ring (bicyclic) bond motifs is 1. The van der Waals surface area contributed by atoms with Crippen molar-refractivity contribution in [3.8, 4) is 0 Å². The molecule has 0 radical (unpaired) electrons. The van der Waals surface area contributed by atoms with E-state index in [1.807, 2.05) is 0 Å². The van der Waals surface area contributed by atoms with Gasteiger partial charge >= 0.3 is 6.18 Å². The van der Waals surface area contributed by atoms with Crippen molar-refractivity contribution in [1.29, 1.82) is 0 Å². The van der Waals surface area contributed by atoms with Gasteiger partial charge in [-0.3, -0.25) is 0 Å². The second kappa shape index (κ2) is 2.95. The van der Waals surface area contributed by atoms with Crippen LogP contribution in [0.3, 0.4) is 0 Å². The highest BCUT2D eigenvalue weighted by Gasteiger charge is 2.34. The van der Waals surface area contributed by atoms with Crippen LogP contribution >= 0.6 is 0 Å². The Morgan fingerprint density at radius 3 is 2.71 bits per heavy atom. The molecule has 0 spiro atoms. The number of pyridine rings is 1. The van der Waals surface area contributed by atoms with Gasteiger partial charge in [-0.15, -0.1) is 0 Å². The molecule has 0 amide bonds. The van der Waals surface area contributed by atoms with E-state index in [1.54, 1.807) is 0 Å². The van der Waals surface area contributed by atoms with Crippen molar-refractivity contribution in [2.75, 3.05) is 0 Å². The molecule has 0 unspecified atom stereocenters. The normalized spacial score (nSPS) is 21.0. The molecular formula is C9H9F3N2. The van der Waals surface area contributed by atoms with Crippen LogP contribution in [0.2, 0.25) is 0 Å². The van der Waals surface area contributed by atoms with Crippen LogP contribution in [0.15, 0.2) is 12.1 Å². The summed E-state index contributed by atoms with van der Waals surface area (Å²) in [5.74, 6) is 0. The first-order valence-corrected chi connectivity index (χ1v) is 4.31. The SMILES string of the molecule is N[C@@H]1CCc2nc(C(F)(F)F)ccc21. The van der Waals surface area contributed by atoms with E-state index in [2.05, 4.69) is 4.98 Å². The third-order valence-electron chi connectivity index (χ3n) is 2.39. The maximum atomic E-state index is 12.3. The Bertz CT molecular complexity index is 360. The summed E-state index contributed by atoms with van der Waals surface area (Å²) in [5.41, 5.74) is 6.10. The standard InChI is InChI=1S/C9H9F3N2/c10-9(11,12)8-4-1-5-6(13)2-3-7(5)14-8/h1,4,6H,2-3,13H2/t6-/m1/s1. The number of rotatable bonds is 0. The van der Waals surface area contributed by atoms with Crippen LogP contribution in [0.5, 0.6) is 0 Å². The minimum Gasteiger partial charge on any atom is -0.324 e. The van der Waals surface area contributed by atoms with E-state index in [9.17, 15) is 13.2 Å². The molecule has 0 fully saturated rings. The second-order valence-corrected chi connectivity index (χ2v) is 3.38. The second-order valence-electron chi connectivity index (χ2n) is 3.38. The first-order chi connectivity index (χ1) is 6.48. The molecule has 2 nitrogen and oxygen atoms in total. The largest absolute Gasteiger partial charge is 0.433 e. The molecule has 0 bridgehead atoms. The molecule has 0 aromatic carbocycles. The topological polar surface area (TPSA) is 38.9 Å². The van der Waals surface area contributed by atoms with Crippen molar-refractivity contribution in [1.82, 2.24) is 4.98 Å². The Morgan fingerprint density at radius 2 is 2.07 bits per heavy atom. The zero-order valence-electron chi connectivity index (χ0n) is 7.30. The number of hydrogen-bond donors (Lipinski definition) is 1. The summed E-state index contributed by atoms with van der Waals surface area (Å²) in [6, 6.07) is 2.27. The van der Waals surface area contributed by atoms with Gasteiger partial charge in [0.2, 0.25) is 0 Å². The van der Waals surface area contributed by atoms with Gasteiger partial charge in [0.1, 0.15) is 5.69 Å². The van der Waals surface area contributed by atoms with Crippen LogP contribution in [-0.2, 0) is 12.6 Å². The van der Waals surface area contributed by atoms with Gasteiger partial charge in [-0.25, -0.2) is 4.98 Å². The zero-order chi connectivity index (χ0) is 10.3. The van der Waals surface area contributed by atoms with E-state index in [0.29, 0.717) is 18.5 Å². The lowest BCUT2D eigenvalue weighted by Gasteiger charge is -2.08. The fourth-order valence-electron chi connectivity index (χ4n) is 1.66. The van der Waals surface area contributed by atoms with Crippen LogP contribution < -0.4 is 5.73 Å². The smallest absolute Gasteiger partial charge is 0.324 e. The number of nitrogens with zero attached hydrogens (tertiary/aromatic N) is 1. The van der Waals surface area contributed by atoms with Crippen LogP contribution in [0, 0.1) is 0 Å². The van der Waals surface area contributed by atoms with Crippen LogP contribution in [-0.4, -0.2) is 4.98 Å². The Hall–Kier alpha value is -1.10. The number of aromatic nitrogens is 1. The number of hydrogen-bond acceptors (Lipinski definition) is 2. The molecule has 1 aromatic rings. The Morgan fingerprint density at radius 1 is 1.36 bits per heavy atom. The van der Waals surface area contributed by atoms with E-state index >= 15 is 0 Å². The number of alkyl halides is 3. The first kappa shape index (κ1) is 9.45. The minimum atomic E-state index is -4.36. The van der Waals surface area contributed by atoms with Gasteiger partial charge in [0.05, 0.1) is 0 Å². The third kappa shape index (κ3) is 1.48. The van der Waals surface area contributed by atoms with Crippen molar-refractivity contribution in [2.45, 2.75) is 25.1 Å². The van der Waals surface area contributed by atoms with Crippen LogP contribution in [0.4, 0.5) is 13.2 Å². The van der Waals surface area contributed by atoms with Crippen LogP contribution in [0.25, 0.3) is 0 Å². The first-order valence-electron chi connectivity index (χ1n) is 4.31. The molecule has 1 aliphatic carbocycles. The van der Waals surface area contributed by atoms with E-state index in [4.69, 9.17) is 5.73 Å². The van der Waals surface area contributed by atoms with E-state index in [1.165, 1.54) is 6.07 Å². The minimum absolute atomic E-state index is 0.153. The van der Waals surface area contributed by atoms with Gasteiger partial charge < -0.3 is 5.73 Å². The molecule has 2 rings (SSSR count). The molecule has 0 saturated heterocycles. The van der Waals surface area contributed by atoms with Crippen molar-refractivity contribution >= 4 is 0 Å². The predicted molar refractivity (Wildman–Crippen MR) is 44.5 cm³/mol. The molecular weight excluding hydrogens is 193 g/mol. The Balaban J connectivity index is 2.42. The maximum Gasteiger partial charge on any atom is 0.433 e. The zero-order valence-corrected chi connectivity index (χ0v) is 7.30. The quantitative estimate of drug-likeness (QED) is 0.699. The molecule has 1 heterocycles. The van der Waals surface area contributed by atoms with Crippen LogP contribution in [0.1, 0.15) is 29.4 Å². The Kier molecular flexibility index (Phi) is 1.99. The summed E-state index contributed by atoms with van der Waals surface area (Å²) in [6.07, 6.45) is -3.13. The lowest BCUT2D eigenvalue weighted by Crippen LogP contribution is -2.10. The highest BCUT2D eigenvalue weighted by Crippen LogP contribution is 2.33. The van der Waals surface area contributed by atoms with Gasteiger partial charge in [0.15, 0.2) is 0 Å². The van der Waals surface area contributed by atoms with Gasteiger partial charge in [-0.2, -0.15) is 13.2 Å². The van der Waals surface area contributed by atoms with Gasteiger partial charge in [0.25, 0.3) is 0 Å². The van der Waals surface area contributed by atoms with E-state index in [0.717, 1.165) is 11.6 Å². The van der Waals surface area contributed by atoms with Gasteiger partial charge in [0, 0.05) is 11.7 Å². The van der Waals surface area contributed by atoms with Crippen molar-refractivity contribution in [3.05, 3.63) is 29.1 Å². The number of aryl methyl sites for hydroxylation is 1. The third-order valence-corrected chi connectivity index (χ3v) is 2.39. The molecule has 1 aromatic heterocycles. The molecule has 1 atom stereocenters. The number of nitrogens with two attached hydrogens (primary N) is 1. The average molecular weight is 202 g/mol. The van der Waals surface area contributed by atoms with E-state index in [-0.39, 0.29) is 6.04 Å². The summed E-state index contributed by atoms with van der Waals surface area (Å²) < 4.78 is 36.8. The highest BCUT2D eigenvalue weighted by atomic mass is 19.4. The highest BCUT2D eigenvalue weighted by molar-refractivity contribution is 5.31. The monoisotopic (exact) mass is 202 g/mol. The molecule has 2 N–H and O–H groups in total. The fourth-order valence-corrected chi connectivity index (χ4v) is 1.66. The van der Waals surface area contributed by atoms with Gasteiger partial charge in [-0.1, -0.05) is 6.07 Å². The molecule has 1 aliphatic rings. The fraction of sp³-hybridized carbons (Fsp3) is 0.444. The van der Waals surface area contributed by atoms with Crippen molar-refractivity contribution < 1.29 is 13.2 Å². The average Bonchev–Trinajstić information content (AvgIpc) is 2.46. The van der Waals surface area contributed by atoms with Crippen molar-refractivity contribution in [3.63, 3.8) is 0 Å². The molecule has 0 saturated carbocycles. The maximum absolute atomic E-state index is 12.3. The lowest BCUT2D eigenvalue weighted by atomic mass is 10.1. The summed E-state index contributed by atoms with van der Waals surface area (Å²) >= 11 is 0. The molecule has 14 heavy (non-hydrogen) atoms. The number of halogens is 3. The Labute approximate surface area is 78.9 Å². The summed E-state index contributed by atoms with van der Waals surface area (Å²) in [7, 11) is 0. The van der Waals surface area contributed by atoms with Crippen molar-refractivity contribution in [2.24, 2.45) is 5.73 Å². The summed E-state index contributed by atoms with van der Waals surface area (Å²) in [4.78, 5) is 3.57. The lowest BCUT2D eigenvalue weighted by molar-refractivity contribution is -0.141.